The molecular weight excluding hydrogens is 216 g/mol. The molecule has 92 valence electrons. The molecule has 17 heavy (non-hydrogen) atoms. The van der Waals surface area contributed by atoms with Crippen molar-refractivity contribution in [3.05, 3.63) is 29.8 Å². The molecule has 0 saturated carbocycles. The minimum atomic E-state index is -0.0646. The van der Waals surface area contributed by atoms with E-state index in [9.17, 15) is 9.59 Å². The van der Waals surface area contributed by atoms with E-state index in [1.165, 1.54) is 6.92 Å². The maximum absolute atomic E-state index is 11.4. The lowest BCUT2D eigenvalue weighted by molar-refractivity contribution is -0.119. The third-order valence-corrected chi connectivity index (χ3v) is 2.32. The van der Waals surface area contributed by atoms with E-state index in [0.717, 1.165) is 6.42 Å². The second kappa shape index (κ2) is 6.68. The van der Waals surface area contributed by atoms with Crippen molar-refractivity contribution in [1.82, 2.24) is 5.32 Å². The van der Waals surface area contributed by atoms with Crippen LogP contribution in [0, 0.1) is 0 Å². The lowest BCUT2D eigenvalue weighted by Gasteiger charge is -2.10. The molecule has 0 radical (unpaired) electrons. The van der Waals surface area contributed by atoms with Crippen molar-refractivity contribution < 1.29 is 9.59 Å². The molecule has 0 heterocycles. The summed E-state index contributed by atoms with van der Waals surface area (Å²) in [5.74, 6) is -0.0766. The number of benzene rings is 1. The van der Waals surface area contributed by atoms with Gasteiger partial charge in [-0.2, -0.15) is 0 Å². The Morgan fingerprint density at radius 3 is 2.59 bits per heavy atom. The van der Waals surface area contributed by atoms with Gasteiger partial charge in [-0.1, -0.05) is 19.1 Å². The number of hydrogen-bond acceptors (Lipinski definition) is 3. The Hall–Kier alpha value is -1.84. The summed E-state index contributed by atoms with van der Waals surface area (Å²) in [6.07, 6.45) is 0.912. The van der Waals surface area contributed by atoms with Gasteiger partial charge in [0.15, 0.2) is 5.78 Å². The van der Waals surface area contributed by atoms with Crippen LogP contribution in [0.4, 0.5) is 5.69 Å². The van der Waals surface area contributed by atoms with Crippen LogP contribution in [-0.4, -0.2) is 24.8 Å². The van der Waals surface area contributed by atoms with Gasteiger partial charge >= 0.3 is 0 Å². The first kappa shape index (κ1) is 13.2. The summed E-state index contributed by atoms with van der Waals surface area (Å²) in [6, 6.07) is 7.18. The van der Waals surface area contributed by atoms with E-state index in [-0.39, 0.29) is 18.2 Å². The highest BCUT2D eigenvalue weighted by atomic mass is 16.2. The largest absolute Gasteiger partial charge is 0.376 e. The van der Waals surface area contributed by atoms with Crippen LogP contribution >= 0.6 is 0 Å². The molecule has 0 spiro atoms. The summed E-state index contributed by atoms with van der Waals surface area (Å²) in [7, 11) is 0. The molecule has 4 nitrogen and oxygen atoms in total. The van der Waals surface area contributed by atoms with Crippen LogP contribution < -0.4 is 10.6 Å². The second-order valence-corrected chi connectivity index (χ2v) is 3.81. The monoisotopic (exact) mass is 234 g/mol. The van der Waals surface area contributed by atoms with Crippen LogP contribution in [0.2, 0.25) is 0 Å². The molecular formula is C13H18N2O2. The maximum atomic E-state index is 11.4. The molecule has 0 aliphatic rings. The number of nitrogens with one attached hydrogen (secondary N) is 2. The van der Waals surface area contributed by atoms with Gasteiger partial charge in [0.2, 0.25) is 5.91 Å². The Kier molecular flexibility index (Phi) is 5.20. The number of anilines is 1. The summed E-state index contributed by atoms with van der Waals surface area (Å²) in [4.78, 5) is 22.7. The van der Waals surface area contributed by atoms with E-state index in [2.05, 4.69) is 10.6 Å². The SMILES string of the molecule is CCCNC(=O)CNc1ccccc1C(C)=O. The van der Waals surface area contributed by atoms with Gasteiger partial charge in [0.05, 0.1) is 6.54 Å². The summed E-state index contributed by atoms with van der Waals surface area (Å²) < 4.78 is 0. The fourth-order valence-electron chi connectivity index (χ4n) is 1.45. The van der Waals surface area contributed by atoms with E-state index in [0.29, 0.717) is 17.8 Å². The minimum absolute atomic E-state index is 0.0120. The van der Waals surface area contributed by atoms with E-state index in [1.54, 1.807) is 18.2 Å². The zero-order valence-electron chi connectivity index (χ0n) is 10.2. The highest BCUT2D eigenvalue weighted by Gasteiger charge is 2.07. The lowest BCUT2D eigenvalue weighted by atomic mass is 10.1. The van der Waals surface area contributed by atoms with Gasteiger partial charge in [0.1, 0.15) is 0 Å². The number of amides is 1. The molecule has 1 rings (SSSR count). The molecule has 0 aliphatic carbocycles. The maximum Gasteiger partial charge on any atom is 0.239 e. The van der Waals surface area contributed by atoms with Crippen molar-refractivity contribution in [2.75, 3.05) is 18.4 Å². The molecule has 0 saturated heterocycles. The van der Waals surface area contributed by atoms with Gasteiger partial charge in [-0.05, 0) is 25.5 Å². The summed E-state index contributed by atoms with van der Waals surface area (Å²) in [6.45, 7) is 4.37. The smallest absolute Gasteiger partial charge is 0.239 e. The third-order valence-electron chi connectivity index (χ3n) is 2.32. The number of hydrogen-bond donors (Lipinski definition) is 2. The Morgan fingerprint density at radius 2 is 1.94 bits per heavy atom. The van der Waals surface area contributed by atoms with Crippen molar-refractivity contribution >= 4 is 17.4 Å². The predicted octanol–water partition coefficient (Wildman–Crippen LogP) is 1.83. The molecule has 4 heteroatoms. The molecule has 0 atom stereocenters. The van der Waals surface area contributed by atoms with Crippen LogP contribution in [0.3, 0.4) is 0 Å². The first-order valence-electron chi connectivity index (χ1n) is 5.75. The predicted molar refractivity (Wildman–Crippen MR) is 68.2 cm³/mol. The molecule has 1 aromatic rings. The van der Waals surface area contributed by atoms with Crippen molar-refractivity contribution in [2.45, 2.75) is 20.3 Å². The Balaban J connectivity index is 2.57. The van der Waals surface area contributed by atoms with Gasteiger partial charge in [-0.25, -0.2) is 0 Å². The molecule has 0 bridgehead atoms. The van der Waals surface area contributed by atoms with Crippen molar-refractivity contribution in [1.29, 1.82) is 0 Å². The third kappa shape index (κ3) is 4.26. The molecule has 1 aromatic carbocycles. The highest BCUT2D eigenvalue weighted by Crippen LogP contribution is 2.14. The van der Waals surface area contributed by atoms with Gasteiger partial charge in [0.25, 0.3) is 0 Å². The fourth-order valence-corrected chi connectivity index (χ4v) is 1.45. The lowest BCUT2D eigenvalue weighted by Crippen LogP contribution is -2.30. The highest BCUT2D eigenvalue weighted by molar-refractivity contribution is 5.99. The van der Waals surface area contributed by atoms with Crippen LogP contribution in [0.15, 0.2) is 24.3 Å². The van der Waals surface area contributed by atoms with E-state index < -0.39 is 0 Å². The number of ketones is 1. The van der Waals surface area contributed by atoms with E-state index >= 15 is 0 Å². The fraction of sp³-hybridized carbons (Fsp3) is 0.385. The summed E-state index contributed by atoms with van der Waals surface area (Å²) in [5, 5.41) is 5.74. The number of rotatable bonds is 6. The first-order chi connectivity index (χ1) is 8.15. The van der Waals surface area contributed by atoms with Crippen molar-refractivity contribution in [2.24, 2.45) is 0 Å². The Labute approximate surface area is 101 Å². The standard InChI is InChI=1S/C13H18N2O2/c1-3-8-14-13(17)9-15-12-7-5-4-6-11(12)10(2)16/h4-7,15H,3,8-9H2,1-2H3,(H,14,17). The van der Waals surface area contributed by atoms with Crippen LogP contribution in [-0.2, 0) is 4.79 Å². The van der Waals surface area contributed by atoms with Crippen LogP contribution in [0.5, 0.6) is 0 Å². The molecule has 0 aliphatic heterocycles. The molecule has 0 aromatic heterocycles. The van der Waals surface area contributed by atoms with Gasteiger partial charge in [-0.3, -0.25) is 9.59 Å². The van der Waals surface area contributed by atoms with E-state index in [1.807, 2.05) is 13.0 Å². The van der Waals surface area contributed by atoms with Crippen LogP contribution in [0.1, 0.15) is 30.6 Å². The summed E-state index contributed by atoms with van der Waals surface area (Å²) in [5.41, 5.74) is 1.31. The van der Waals surface area contributed by atoms with Crippen molar-refractivity contribution in [3.8, 4) is 0 Å². The number of carbonyl (C=O) groups excluding carboxylic acids is 2. The molecule has 2 N–H and O–H groups in total. The summed E-state index contributed by atoms with van der Waals surface area (Å²) >= 11 is 0. The average molecular weight is 234 g/mol. The Morgan fingerprint density at radius 1 is 1.24 bits per heavy atom. The zero-order chi connectivity index (χ0) is 12.7. The molecule has 0 unspecified atom stereocenters. The quantitative estimate of drug-likeness (QED) is 0.738. The number of carbonyl (C=O) groups is 2. The number of Topliss-reactive ketones (excluding diaryl/α,β-unsaturated/α-hetero) is 1. The topological polar surface area (TPSA) is 58.2 Å². The Bertz CT molecular complexity index is 402. The van der Waals surface area contributed by atoms with Gasteiger partial charge in [-0.15, -0.1) is 0 Å². The van der Waals surface area contributed by atoms with Gasteiger partial charge < -0.3 is 10.6 Å². The molecule has 0 fully saturated rings. The minimum Gasteiger partial charge on any atom is -0.376 e. The van der Waals surface area contributed by atoms with Crippen LogP contribution in [0.25, 0.3) is 0 Å². The van der Waals surface area contributed by atoms with E-state index in [4.69, 9.17) is 0 Å². The number of para-hydroxylation sites is 1. The van der Waals surface area contributed by atoms with Gasteiger partial charge in [0, 0.05) is 17.8 Å². The molecule has 1 amide bonds. The second-order valence-electron chi connectivity index (χ2n) is 3.81. The van der Waals surface area contributed by atoms with Crippen molar-refractivity contribution in [3.63, 3.8) is 0 Å². The zero-order valence-corrected chi connectivity index (χ0v) is 10.2. The first-order valence-corrected chi connectivity index (χ1v) is 5.75. The normalized spacial score (nSPS) is 9.76. The average Bonchev–Trinajstić information content (AvgIpc) is 2.34.